The Hall–Kier alpha value is -2.11. The Kier molecular flexibility index (Phi) is 37.7. The Morgan fingerprint density at radius 1 is 0.514 bits per heavy atom. The molecule has 7 N–H and O–H groups in total. The Bertz CT molecular complexity index is 1530. The number of hydrogen-bond donors (Lipinski definition) is 7. The molecule has 0 aromatic rings. The third kappa shape index (κ3) is 29.8. The van der Waals surface area contributed by atoms with Crippen molar-refractivity contribution in [1.29, 1.82) is 0 Å². The molecule has 2 rings (SSSR count). The van der Waals surface area contributed by atoms with Gasteiger partial charge in [0.05, 0.1) is 19.8 Å². The second kappa shape index (κ2) is 41.1. The summed E-state index contributed by atoms with van der Waals surface area (Å²) >= 11 is 0. The zero-order valence-corrected chi connectivity index (χ0v) is 44.5. The van der Waals surface area contributed by atoms with Crippen molar-refractivity contribution in [2.45, 2.75) is 274 Å². The number of ether oxygens (including phenoxy) is 6. The minimum absolute atomic E-state index is 0.118. The van der Waals surface area contributed by atoms with E-state index in [4.69, 9.17) is 28.4 Å². The van der Waals surface area contributed by atoms with E-state index in [0.29, 0.717) is 12.8 Å². The predicted molar refractivity (Wildman–Crippen MR) is 272 cm³/mol. The van der Waals surface area contributed by atoms with Crippen molar-refractivity contribution in [1.82, 2.24) is 0 Å². The first-order valence-corrected chi connectivity index (χ1v) is 28.9. The van der Waals surface area contributed by atoms with Gasteiger partial charge in [-0.25, -0.2) is 4.18 Å². The maximum absolute atomic E-state index is 13.1. The van der Waals surface area contributed by atoms with Crippen LogP contribution in [0.3, 0.4) is 0 Å². The smallest absolute Gasteiger partial charge is 0.397 e. The van der Waals surface area contributed by atoms with Crippen molar-refractivity contribution in [3.63, 3.8) is 0 Å². The molecule has 2 saturated heterocycles. The van der Waals surface area contributed by atoms with Gasteiger partial charge >= 0.3 is 22.3 Å². The maximum Gasteiger partial charge on any atom is 0.397 e. The minimum Gasteiger partial charge on any atom is -0.462 e. The highest BCUT2D eigenvalue weighted by atomic mass is 32.3. The molecule has 0 bridgehead atoms. The highest BCUT2D eigenvalue weighted by molar-refractivity contribution is 7.80. The first-order chi connectivity index (χ1) is 34.8. The molecule has 2 heterocycles. The Morgan fingerprint density at radius 3 is 1.40 bits per heavy atom. The van der Waals surface area contributed by atoms with Gasteiger partial charge < -0.3 is 59.1 Å². The lowest BCUT2D eigenvalue weighted by Gasteiger charge is -2.46. The molecule has 2 aliphatic rings. The number of carbonyl (C=O) groups excluding carboxylic acids is 2. The topological polar surface area (TPSA) is 274 Å². The largest absolute Gasteiger partial charge is 0.462 e. The second-order valence-electron chi connectivity index (χ2n) is 19.5. The fourth-order valence-corrected chi connectivity index (χ4v) is 9.30. The summed E-state index contributed by atoms with van der Waals surface area (Å²) in [6.07, 6.45) is 21.6. The van der Waals surface area contributed by atoms with E-state index in [1.807, 2.05) is 0 Å². The molecule has 0 radical (unpaired) electrons. The second-order valence-corrected chi connectivity index (χ2v) is 20.6. The SMILES string of the molecule is CCCCCCCC/C=C\CCCCCCCCC(=O)OCC(CO[C@@H]1O[C@H](CO)[C@H](O[C@@H]2O[C@H](CO)[C@H](O)[C@H](OS(=O)(=O)O)[C@H]2O)[C@H](O)[C@H]1O)OC(=O)CCCCCCCC/C=C\CCCCCCCC. The molecule has 72 heavy (non-hydrogen) atoms. The summed E-state index contributed by atoms with van der Waals surface area (Å²) in [5.74, 6) is -1.01. The van der Waals surface area contributed by atoms with E-state index in [1.165, 1.54) is 77.0 Å². The highest BCUT2D eigenvalue weighted by Crippen LogP contribution is 2.31. The lowest BCUT2D eigenvalue weighted by Crippen LogP contribution is -2.65. The van der Waals surface area contributed by atoms with Crippen molar-refractivity contribution in [2.75, 3.05) is 26.4 Å². The van der Waals surface area contributed by atoms with Crippen LogP contribution in [0.15, 0.2) is 24.3 Å². The van der Waals surface area contributed by atoms with Gasteiger partial charge in [-0.15, -0.1) is 0 Å². The zero-order chi connectivity index (χ0) is 52.8. The minimum atomic E-state index is -5.23. The van der Waals surface area contributed by atoms with Gasteiger partial charge in [0.15, 0.2) is 18.7 Å². The van der Waals surface area contributed by atoms with Crippen LogP contribution >= 0.6 is 0 Å². The van der Waals surface area contributed by atoms with Crippen LogP contribution in [0, 0.1) is 0 Å². The Balaban J connectivity index is 1.87. The van der Waals surface area contributed by atoms with Crippen LogP contribution in [0.4, 0.5) is 0 Å². The van der Waals surface area contributed by atoms with Crippen LogP contribution < -0.4 is 0 Å². The molecule has 2 fully saturated rings. The normalized spacial score (nSPS) is 25.3. The highest BCUT2D eigenvalue weighted by Gasteiger charge is 2.52. The molecule has 0 aromatic heterocycles. The summed E-state index contributed by atoms with van der Waals surface area (Å²) in [7, 11) is -5.23. The first-order valence-electron chi connectivity index (χ1n) is 27.6. The predicted octanol–water partition coefficient (Wildman–Crippen LogP) is 7.76. The van der Waals surface area contributed by atoms with E-state index in [-0.39, 0.29) is 19.4 Å². The van der Waals surface area contributed by atoms with Crippen LogP contribution in [0.25, 0.3) is 0 Å². The Morgan fingerprint density at radius 2 is 0.944 bits per heavy atom. The summed E-state index contributed by atoms with van der Waals surface area (Å²) in [6, 6.07) is 0. The monoisotopic (exact) mass is 1050 g/mol. The molecule has 1 unspecified atom stereocenters. The summed E-state index contributed by atoms with van der Waals surface area (Å²) in [5.41, 5.74) is 0. The van der Waals surface area contributed by atoms with Gasteiger partial charge in [0.2, 0.25) is 0 Å². The molecule has 0 amide bonds. The summed E-state index contributed by atoms with van der Waals surface area (Å²) < 4.78 is 70.1. The van der Waals surface area contributed by atoms with Gasteiger partial charge in [0.1, 0.15) is 55.4 Å². The van der Waals surface area contributed by atoms with Crippen molar-refractivity contribution < 1.29 is 85.8 Å². The number of allylic oxidation sites excluding steroid dienone is 4. The third-order valence-corrected chi connectivity index (χ3v) is 13.6. The number of hydrogen-bond acceptors (Lipinski definition) is 17. The van der Waals surface area contributed by atoms with Crippen LogP contribution in [0.5, 0.6) is 0 Å². The Labute approximate surface area is 431 Å². The van der Waals surface area contributed by atoms with E-state index in [2.05, 4.69) is 42.3 Å². The molecule has 18 nitrogen and oxygen atoms in total. The van der Waals surface area contributed by atoms with Gasteiger partial charge in [-0.2, -0.15) is 8.42 Å². The molecule has 11 atom stereocenters. The van der Waals surface area contributed by atoms with Crippen molar-refractivity contribution in [2.24, 2.45) is 0 Å². The average molecular weight is 1050 g/mol. The summed E-state index contributed by atoms with van der Waals surface area (Å²) in [4.78, 5) is 25.9. The number of aliphatic hydroxyl groups is 6. The van der Waals surface area contributed by atoms with Gasteiger partial charge in [0, 0.05) is 12.8 Å². The number of rotatable bonds is 44. The number of carbonyl (C=O) groups is 2. The molecule has 422 valence electrons. The zero-order valence-electron chi connectivity index (χ0n) is 43.7. The molecule has 2 aliphatic heterocycles. The fraction of sp³-hybridized carbons (Fsp3) is 0.887. The quantitative estimate of drug-likeness (QED) is 0.0133. The van der Waals surface area contributed by atoms with E-state index in [0.717, 1.165) is 89.9 Å². The number of esters is 2. The molecular weight excluding hydrogens is 957 g/mol. The molecular formula is C53H96O18S. The average Bonchev–Trinajstić information content (AvgIpc) is 3.35. The maximum atomic E-state index is 13.1. The van der Waals surface area contributed by atoms with Crippen LogP contribution in [0.1, 0.15) is 206 Å². The van der Waals surface area contributed by atoms with Gasteiger partial charge in [-0.1, -0.05) is 154 Å². The van der Waals surface area contributed by atoms with E-state index < -0.39 is 110 Å². The number of unbranched alkanes of at least 4 members (excludes halogenated alkanes) is 24. The first kappa shape index (κ1) is 66.0. The van der Waals surface area contributed by atoms with E-state index in [1.54, 1.807) is 0 Å². The fourth-order valence-electron chi connectivity index (χ4n) is 8.79. The van der Waals surface area contributed by atoms with Gasteiger partial charge in [-0.05, 0) is 64.2 Å². The van der Waals surface area contributed by atoms with Crippen molar-refractivity contribution in [3.05, 3.63) is 24.3 Å². The molecule has 0 saturated carbocycles. The summed E-state index contributed by atoms with van der Waals surface area (Å²) in [6.45, 7) is 1.89. The van der Waals surface area contributed by atoms with Gasteiger partial charge in [-0.3, -0.25) is 14.1 Å². The van der Waals surface area contributed by atoms with Crippen molar-refractivity contribution in [3.8, 4) is 0 Å². The molecule has 19 heteroatoms. The third-order valence-electron chi connectivity index (χ3n) is 13.1. The molecule has 0 spiro atoms. The van der Waals surface area contributed by atoms with Crippen molar-refractivity contribution >= 4 is 22.3 Å². The molecule has 0 aromatic carbocycles. The van der Waals surface area contributed by atoms with E-state index in [9.17, 15) is 53.2 Å². The summed E-state index contributed by atoms with van der Waals surface area (Å²) in [5, 5.41) is 63.2. The van der Waals surface area contributed by atoms with Crippen LogP contribution in [-0.2, 0) is 52.6 Å². The van der Waals surface area contributed by atoms with E-state index >= 15 is 0 Å². The van der Waals surface area contributed by atoms with Crippen LogP contribution in [-0.4, -0.2) is 149 Å². The van der Waals surface area contributed by atoms with Gasteiger partial charge in [0.25, 0.3) is 0 Å². The van der Waals surface area contributed by atoms with Crippen LogP contribution in [0.2, 0.25) is 0 Å². The lowest BCUT2D eigenvalue weighted by atomic mass is 9.97. The molecule has 0 aliphatic carbocycles. The lowest BCUT2D eigenvalue weighted by molar-refractivity contribution is -0.359. The standard InChI is InChI=1S/C53H96O18S/c1-3-5-7-9-11-13-15-17-19-21-23-25-27-29-31-33-35-44(56)65-39-41(67-45(57)36-34-32-30-28-26-24-22-20-18-16-14-12-10-8-6-4-2)40-66-52-48(60)47(59)50(43(38-55)69-52)70-53-49(61)51(71-72(62,63)64)46(58)42(37-54)68-53/h17-20,41-43,46-55,58-61H,3-16,21-40H2,1-2H3,(H,62,63,64)/b19-17-,20-18-/t41?,42-,43-,46+,47-,48-,49-,50+,51+,52-,53+/m1/s1. The number of aliphatic hydroxyl groups excluding tert-OH is 6.